The van der Waals surface area contributed by atoms with Gasteiger partial charge in [0.15, 0.2) is 0 Å². The number of carbonyl (C=O) groups excluding carboxylic acids is 1. The fraction of sp³-hybridized carbons (Fsp3) is 0.727. The zero-order valence-corrected chi connectivity index (χ0v) is 9.42. The van der Waals surface area contributed by atoms with Gasteiger partial charge in [0.05, 0.1) is 6.04 Å². The molecule has 0 aliphatic heterocycles. The SMILES string of the molecule is C=CCC(N)C(=O)NCC(C)C(C)C. The maximum atomic E-state index is 11.4. The minimum Gasteiger partial charge on any atom is -0.354 e. The number of carbonyl (C=O) groups is 1. The van der Waals surface area contributed by atoms with Crippen molar-refractivity contribution >= 4 is 5.91 Å². The summed E-state index contributed by atoms with van der Waals surface area (Å²) in [6.07, 6.45) is 2.19. The van der Waals surface area contributed by atoms with Crippen molar-refractivity contribution in [3.63, 3.8) is 0 Å². The zero-order valence-electron chi connectivity index (χ0n) is 9.42. The summed E-state index contributed by atoms with van der Waals surface area (Å²) in [5, 5.41) is 2.84. The average Bonchev–Trinajstić information content (AvgIpc) is 2.13. The molecule has 82 valence electrons. The summed E-state index contributed by atoms with van der Waals surface area (Å²) in [5.74, 6) is 0.971. The molecule has 0 saturated carbocycles. The Morgan fingerprint density at radius 2 is 2.07 bits per heavy atom. The molecule has 3 nitrogen and oxygen atoms in total. The van der Waals surface area contributed by atoms with E-state index >= 15 is 0 Å². The second kappa shape index (κ2) is 6.60. The first-order valence-corrected chi connectivity index (χ1v) is 5.13. The molecule has 0 aliphatic rings. The molecule has 0 aliphatic carbocycles. The van der Waals surface area contributed by atoms with Crippen molar-refractivity contribution in [2.45, 2.75) is 33.2 Å². The van der Waals surface area contributed by atoms with Crippen molar-refractivity contribution in [2.24, 2.45) is 17.6 Å². The summed E-state index contributed by atoms with van der Waals surface area (Å²) in [5.41, 5.74) is 5.61. The van der Waals surface area contributed by atoms with Crippen molar-refractivity contribution < 1.29 is 4.79 Å². The van der Waals surface area contributed by atoms with Gasteiger partial charge in [-0.25, -0.2) is 0 Å². The monoisotopic (exact) mass is 198 g/mol. The van der Waals surface area contributed by atoms with E-state index in [1.807, 2.05) is 0 Å². The van der Waals surface area contributed by atoms with Gasteiger partial charge in [0.1, 0.15) is 0 Å². The Hall–Kier alpha value is -0.830. The predicted octanol–water partition coefficient (Wildman–Crippen LogP) is 1.30. The van der Waals surface area contributed by atoms with Gasteiger partial charge in [0.25, 0.3) is 0 Å². The molecule has 0 fully saturated rings. The van der Waals surface area contributed by atoms with Crippen LogP contribution in [-0.4, -0.2) is 18.5 Å². The van der Waals surface area contributed by atoms with Crippen LogP contribution >= 0.6 is 0 Å². The van der Waals surface area contributed by atoms with E-state index in [4.69, 9.17) is 5.73 Å². The normalized spacial score (nSPS) is 14.9. The summed E-state index contributed by atoms with van der Waals surface area (Å²) in [7, 11) is 0. The maximum Gasteiger partial charge on any atom is 0.237 e. The van der Waals surface area contributed by atoms with Crippen molar-refractivity contribution in [1.82, 2.24) is 5.32 Å². The Kier molecular flexibility index (Phi) is 6.21. The molecule has 0 heterocycles. The lowest BCUT2D eigenvalue weighted by Gasteiger charge is -2.17. The quantitative estimate of drug-likeness (QED) is 0.632. The van der Waals surface area contributed by atoms with E-state index in [1.165, 1.54) is 0 Å². The van der Waals surface area contributed by atoms with E-state index in [1.54, 1.807) is 6.08 Å². The molecule has 14 heavy (non-hydrogen) atoms. The summed E-state index contributed by atoms with van der Waals surface area (Å²) >= 11 is 0. The first-order valence-electron chi connectivity index (χ1n) is 5.13. The Morgan fingerprint density at radius 3 is 2.50 bits per heavy atom. The highest BCUT2D eigenvalue weighted by atomic mass is 16.2. The van der Waals surface area contributed by atoms with E-state index in [2.05, 4.69) is 32.7 Å². The molecule has 0 spiro atoms. The van der Waals surface area contributed by atoms with Crippen LogP contribution in [0.4, 0.5) is 0 Å². The van der Waals surface area contributed by atoms with Crippen LogP contribution in [0.15, 0.2) is 12.7 Å². The summed E-state index contributed by atoms with van der Waals surface area (Å²) in [4.78, 5) is 11.4. The topological polar surface area (TPSA) is 55.1 Å². The van der Waals surface area contributed by atoms with Crippen LogP contribution in [0.2, 0.25) is 0 Å². The number of nitrogens with one attached hydrogen (secondary N) is 1. The number of amides is 1. The fourth-order valence-corrected chi connectivity index (χ4v) is 0.915. The van der Waals surface area contributed by atoms with E-state index in [0.717, 1.165) is 0 Å². The summed E-state index contributed by atoms with van der Waals surface area (Å²) < 4.78 is 0. The highest BCUT2D eigenvalue weighted by molar-refractivity contribution is 5.81. The first kappa shape index (κ1) is 13.2. The van der Waals surface area contributed by atoms with Crippen LogP contribution in [0.5, 0.6) is 0 Å². The van der Waals surface area contributed by atoms with Crippen molar-refractivity contribution in [3.8, 4) is 0 Å². The smallest absolute Gasteiger partial charge is 0.237 e. The van der Waals surface area contributed by atoms with Gasteiger partial charge in [-0.1, -0.05) is 26.8 Å². The second-order valence-electron chi connectivity index (χ2n) is 4.10. The maximum absolute atomic E-state index is 11.4. The molecule has 0 aromatic heterocycles. The average molecular weight is 198 g/mol. The van der Waals surface area contributed by atoms with Crippen LogP contribution in [0, 0.1) is 11.8 Å². The molecule has 0 rings (SSSR count). The third-order valence-electron chi connectivity index (χ3n) is 2.49. The largest absolute Gasteiger partial charge is 0.354 e. The molecular formula is C11H22N2O. The lowest BCUT2D eigenvalue weighted by molar-refractivity contribution is -0.122. The number of hydrogen-bond acceptors (Lipinski definition) is 2. The van der Waals surface area contributed by atoms with Crippen molar-refractivity contribution in [2.75, 3.05) is 6.54 Å². The molecule has 0 aromatic rings. The van der Waals surface area contributed by atoms with Gasteiger partial charge in [0.2, 0.25) is 5.91 Å². The van der Waals surface area contributed by atoms with Gasteiger partial charge >= 0.3 is 0 Å². The molecule has 0 aromatic carbocycles. The number of rotatable bonds is 6. The van der Waals surface area contributed by atoms with E-state index < -0.39 is 6.04 Å². The van der Waals surface area contributed by atoms with Crippen LogP contribution < -0.4 is 11.1 Å². The van der Waals surface area contributed by atoms with Gasteiger partial charge in [-0.2, -0.15) is 0 Å². The van der Waals surface area contributed by atoms with E-state index in [0.29, 0.717) is 24.8 Å². The fourth-order valence-electron chi connectivity index (χ4n) is 0.915. The van der Waals surface area contributed by atoms with Crippen LogP contribution in [0.25, 0.3) is 0 Å². The molecule has 2 atom stereocenters. The van der Waals surface area contributed by atoms with Crippen molar-refractivity contribution in [3.05, 3.63) is 12.7 Å². The number of hydrogen-bond donors (Lipinski definition) is 2. The first-order chi connectivity index (χ1) is 6.49. The Morgan fingerprint density at radius 1 is 1.50 bits per heavy atom. The van der Waals surface area contributed by atoms with Gasteiger partial charge in [0, 0.05) is 6.54 Å². The van der Waals surface area contributed by atoms with Gasteiger partial charge in [-0.3, -0.25) is 4.79 Å². The van der Waals surface area contributed by atoms with E-state index in [-0.39, 0.29) is 5.91 Å². The van der Waals surface area contributed by atoms with Crippen LogP contribution in [-0.2, 0) is 4.79 Å². The van der Waals surface area contributed by atoms with Crippen LogP contribution in [0.1, 0.15) is 27.2 Å². The molecule has 0 saturated heterocycles. The van der Waals surface area contributed by atoms with E-state index in [9.17, 15) is 4.79 Å². The van der Waals surface area contributed by atoms with Crippen LogP contribution in [0.3, 0.4) is 0 Å². The lowest BCUT2D eigenvalue weighted by atomic mass is 9.98. The minimum atomic E-state index is -0.452. The zero-order chi connectivity index (χ0) is 11.1. The third-order valence-corrected chi connectivity index (χ3v) is 2.49. The molecular weight excluding hydrogens is 176 g/mol. The third kappa shape index (κ3) is 5.02. The Labute approximate surface area is 86.8 Å². The second-order valence-corrected chi connectivity index (χ2v) is 4.10. The molecule has 0 bridgehead atoms. The van der Waals surface area contributed by atoms with Gasteiger partial charge in [-0.05, 0) is 18.3 Å². The van der Waals surface area contributed by atoms with Gasteiger partial charge in [-0.15, -0.1) is 6.58 Å². The highest BCUT2D eigenvalue weighted by Gasteiger charge is 2.13. The summed E-state index contributed by atoms with van der Waals surface area (Å²) in [6.45, 7) is 10.6. The lowest BCUT2D eigenvalue weighted by Crippen LogP contribution is -2.42. The molecule has 3 heteroatoms. The Bertz CT molecular complexity index is 190. The molecule has 0 radical (unpaired) electrons. The highest BCUT2D eigenvalue weighted by Crippen LogP contribution is 2.07. The van der Waals surface area contributed by atoms with Crippen molar-refractivity contribution in [1.29, 1.82) is 0 Å². The standard InChI is InChI=1S/C11H22N2O/c1-5-6-10(12)11(14)13-7-9(4)8(2)3/h5,8-10H,1,6-7,12H2,2-4H3,(H,13,14). The minimum absolute atomic E-state index is 0.0857. The summed E-state index contributed by atoms with van der Waals surface area (Å²) in [6, 6.07) is -0.452. The molecule has 2 unspecified atom stereocenters. The molecule has 1 amide bonds. The molecule has 3 N–H and O–H groups in total. The Balaban J connectivity index is 3.78. The predicted molar refractivity (Wildman–Crippen MR) is 59.8 cm³/mol. The number of nitrogens with two attached hydrogens (primary N) is 1. The van der Waals surface area contributed by atoms with Gasteiger partial charge < -0.3 is 11.1 Å².